The van der Waals surface area contributed by atoms with E-state index >= 15 is 0 Å². The Labute approximate surface area is 170 Å². The standard InChI is InChI=1S/C21H24ClN3O3/c1-3-19(26)24-11-13-25(14-12-24)20-17(22)5-4-6-18(20)23-21(27)15-7-9-16(28-2)10-8-15/h4-10H,3,11-14H2,1-2H3,(H,23,27). The van der Waals surface area contributed by atoms with Crippen LogP contribution in [0.4, 0.5) is 11.4 Å². The molecule has 2 aromatic rings. The molecule has 0 saturated carbocycles. The van der Waals surface area contributed by atoms with Gasteiger partial charge in [0.2, 0.25) is 5.91 Å². The molecule has 1 fully saturated rings. The molecule has 1 saturated heterocycles. The van der Waals surface area contributed by atoms with Crippen molar-refractivity contribution in [3.05, 3.63) is 53.1 Å². The number of amides is 2. The Morgan fingerprint density at radius 3 is 2.36 bits per heavy atom. The number of halogens is 1. The van der Waals surface area contributed by atoms with Gasteiger partial charge in [0, 0.05) is 38.2 Å². The van der Waals surface area contributed by atoms with E-state index in [2.05, 4.69) is 10.2 Å². The van der Waals surface area contributed by atoms with Crippen molar-refractivity contribution in [1.29, 1.82) is 0 Å². The second-order valence-corrected chi connectivity index (χ2v) is 6.95. The quantitative estimate of drug-likeness (QED) is 0.830. The fourth-order valence-electron chi connectivity index (χ4n) is 3.28. The first-order valence-electron chi connectivity index (χ1n) is 9.30. The molecule has 0 atom stereocenters. The lowest BCUT2D eigenvalue weighted by molar-refractivity contribution is -0.131. The number of hydrogen-bond acceptors (Lipinski definition) is 4. The number of ether oxygens (including phenoxy) is 1. The zero-order chi connectivity index (χ0) is 20.1. The normalized spacial score (nSPS) is 14.0. The maximum absolute atomic E-state index is 12.7. The van der Waals surface area contributed by atoms with Crippen LogP contribution < -0.4 is 15.0 Å². The summed E-state index contributed by atoms with van der Waals surface area (Å²) in [5.74, 6) is 0.636. The Morgan fingerprint density at radius 2 is 1.75 bits per heavy atom. The third-order valence-electron chi connectivity index (χ3n) is 4.84. The molecule has 2 amide bonds. The monoisotopic (exact) mass is 401 g/mol. The average Bonchev–Trinajstić information content (AvgIpc) is 2.73. The summed E-state index contributed by atoms with van der Waals surface area (Å²) in [6, 6.07) is 12.4. The molecule has 7 heteroatoms. The third kappa shape index (κ3) is 4.39. The summed E-state index contributed by atoms with van der Waals surface area (Å²) in [4.78, 5) is 28.6. The molecule has 0 radical (unpaired) electrons. The van der Waals surface area contributed by atoms with Crippen LogP contribution in [0.1, 0.15) is 23.7 Å². The molecule has 0 spiro atoms. The third-order valence-corrected chi connectivity index (χ3v) is 5.14. The molecule has 2 aromatic carbocycles. The first-order chi connectivity index (χ1) is 13.5. The highest BCUT2D eigenvalue weighted by atomic mass is 35.5. The van der Waals surface area contributed by atoms with Crippen LogP contribution in [0.2, 0.25) is 5.02 Å². The van der Waals surface area contributed by atoms with Gasteiger partial charge in [-0.05, 0) is 36.4 Å². The highest BCUT2D eigenvalue weighted by Crippen LogP contribution is 2.35. The van der Waals surface area contributed by atoms with Crippen LogP contribution in [0.3, 0.4) is 0 Å². The minimum Gasteiger partial charge on any atom is -0.497 e. The summed E-state index contributed by atoms with van der Waals surface area (Å²) in [5.41, 5.74) is 1.98. The SMILES string of the molecule is CCC(=O)N1CCN(c2c(Cl)cccc2NC(=O)c2ccc(OC)cc2)CC1. The summed E-state index contributed by atoms with van der Waals surface area (Å²) in [6.45, 7) is 4.49. The van der Waals surface area contributed by atoms with Crippen molar-refractivity contribution < 1.29 is 14.3 Å². The van der Waals surface area contributed by atoms with Crippen LogP contribution in [0.25, 0.3) is 0 Å². The van der Waals surface area contributed by atoms with Crippen molar-refractivity contribution in [3.8, 4) is 5.75 Å². The van der Waals surface area contributed by atoms with Gasteiger partial charge in [-0.3, -0.25) is 9.59 Å². The van der Waals surface area contributed by atoms with Crippen LogP contribution in [-0.2, 0) is 4.79 Å². The molecule has 1 N–H and O–H groups in total. The molecule has 0 aromatic heterocycles. The topological polar surface area (TPSA) is 61.9 Å². The molecule has 3 rings (SSSR count). The number of nitrogens with zero attached hydrogens (tertiary/aromatic N) is 2. The number of hydrogen-bond donors (Lipinski definition) is 1. The first kappa shape index (κ1) is 20.0. The lowest BCUT2D eigenvalue weighted by atomic mass is 10.1. The van der Waals surface area contributed by atoms with Gasteiger partial charge in [0.15, 0.2) is 0 Å². The lowest BCUT2D eigenvalue weighted by Gasteiger charge is -2.37. The van der Waals surface area contributed by atoms with Crippen LogP contribution >= 0.6 is 11.6 Å². The highest BCUT2D eigenvalue weighted by molar-refractivity contribution is 6.34. The van der Waals surface area contributed by atoms with Gasteiger partial charge in [-0.15, -0.1) is 0 Å². The summed E-state index contributed by atoms with van der Waals surface area (Å²) in [7, 11) is 1.58. The molecule has 0 aliphatic carbocycles. The van der Waals surface area contributed by atoms with E-state index in [9.17, 15) is 9.59 Å². The van der Waals surface area contributed by atoms with E-state index < -0.39 is 0 Å². The molecule has 1 aliphatic heterocycles. The van der Waals surface area contributed by atoms with Gasteiger partial charge in [0.05, 0.1) is 23.5 Å². The smallest absolute Gasteiger partial charge is 0.255 e. The van der Waals surface area contributed by atoms with Gasteiger partial charge in [-0.2, -0.15) is 0 Å². The van der Waals surface area contributed by atoms with Crippen molar-refractivity contribution in [2.45, 2.75) is 13.3 Å². The number of nitrogens with one attached hydrogen (secondary N) is 1. The number of piperazine rings is 1. The second kappa shape index (κ2) is 8.97. The number of carbonyl (C=O) groups is 2. The number of anilines is 2. The zero-order valence-corrected chi connectivity index (χ0v) is 16.8. The van der Waals surface area contributed by atoms with Crippen molar-refractivity contribution in [2.75, 3.05) is 43.5 Å². The summed E-state index contributed by atoms with van der Waals surface area (Å²) in [6.07, 6.45) is 0.509. The number of para-hydroxylation sites is 1. The largest absolute Gasteiger partial charge is 0.497 e. The van der Waals surface area contributed by atoms with Gasteiger partial charge < -0.3 is 19.9 Å². The van der Waals surface area contributed by atoms with Gasteiger partial charge in [-0.1, -0.05) is 24.6 Å². The van der Waals surface area contributed by atoms with Gasteiger partial charge >= 0.3 is 0 Å². The molecule has 0 bridgehead atoms. The van der Waals surface area contributed by atoms with Crippen LogP contribution in [0.15, 0.2) is 42.5 Å². The first-order valence-corrected chi connectivity index (χ1v) is 9.68. The van der Waals surface area contributed by atoms with Crippen molar-refractivity contribution in [3.63, 3.8) is 0 Å². The highest BCUT2D eigenvalue weighted by Gasteiger charge is 2.24. The molecule has 1 aliphatic rings. The van der Waals surface area contributed by atoms with E-state index in [1.54, 1.807) is 31.4 Å². The van der Waals surface area contributed by atoms with E-state index in [0.29, 0.717) is 54.6 Å². The molecular formula is C21H24ClN3O3. The number of rotatable bonds is 5. The van der Waals surface area contributed by atoms with Crippen LogP contribution in [0, 0.1) is 0 Å². The lowest BCUT2D eigenvalue weighted by Crippen LogP contribution is -2.48. The molecule has 148 valence electrons. The fraction of sp³-hybridized carbons (Fsp3) is 0.333. The fourth-order valence-corrected chi connectivity index (χ4v) is 3.57. The van der Waals surface area contributed by atoms with Crippen molar-refractivity contribution >= 4 is 34.8 Å². The maximum Gasteiger partial charge on any atom is 0.255 e. The summed E-state index contributed by atoms with van der Waals surface area (Å²) < 4.78 is 5.13. The molecular weight excluding hydrogens is 378 g/mol. The number of carbonyl (C=O) groups excluding carboxylic acids is 2. The molecule has 6 nitrogen and oxygen atoms in total. The van der Waals surface area contributed by atoms with Gasteiger partial charge in [0.25, 0.3) is 5.91 Å². The zero-order valence-electron chi connectivity index (χ0n) is 16.1. The van der Waals surface area contributed by atoms with E-state index in [0.717, 1.165) is 5.69 Å². The number of benzene rings is 2. The van der Waals surface area contributed by atoms with Crippen LogP contribution in [-0.4, -0.2) is 50.0 Å². The Bertz CT molecular complexity index is 846. The summed E-state index contributed by atoms with van der Waals surface area (Å²) >= 11 is 6.47. The molecule has 0 unspecified atom stereocenters. The van der Waals surface area contributed by atoms with E-state index in [-0.39, 0.29) is 11.8 Å². The van der Waals surface area contributed by atoms with E-state index in [1.165, 1.54) is 0 Å². The van der Waals surface area contributed by atoms with E-state index in [1.807, 2.05) is 30.0 Å². The minimum atomic E-state index is -0.217. The maximum atomic E-state index is 12.7. The average molecular weight is 402 g/mol. The molecule has 28 heavy (non-hydrogen) atoms. The van der Waals surface area contributed by atoms with Crippen LogP contribution in [0.5, 0.6) is 5.75 Å². The molecule has 1 heterocycles. The predicted molar refractivity (Wildman–Crippen MR) is 111 cm³/mol. The summed E-state index contributed by atoms with van der Waals surface area (Å²) in [5, 5.41) is 3.53. The predicted octanol–water partition coefficient (Wildman–Crippen LogP) is 3.66. The second-order valence-electron chi connectivity index (χ2n) is 6.54. The Hall–Kier alpha value is -2.73. The van der Waals surface area contributed by atoms with Gasteiger partial charge in [0.1, 0.15) is 5.75 Å². The van der Waals surface area contributed by atoms with Crippen molar-refractivity contribution in [2.24, 2.45) is 0 Å². The number of methoxy groups -OCH3 is 1. The Balaban J connectivity index is 1.77. The Kier molecular flexibility index (Phi) is 6.41. The minimum absolute atomic E-state index is 0.159. The van der Waals surface area contributed by atoms with Crippen molar-refractivity contribution in [1.82, 2.24) is 4.90 Å². The van der Waals surface area contributed by atoms with E-state index in [4.69, 9.17) is 16.3 Å². The Morgan fingerprint density at radius 1 is 1.07 bits per heavy atom. The van der Waals surface area contributed by atoms with Gasteiger partial charge in [-0.25, -0.2) is 0 Å².